The number of aliphatic hydroxyl groups excluding tert-OH is 1. The van der Waals surface area contributed by atoms with Gasteiger partial charge >= 0.3 is 5.97 Å². The lowest BCUT2D eigenvalue weighted by molar-refractivity contribution is -0.138. The van der Waals surface area contributed by atoms with E-state index in [2.05, 4.69) is 24.5 Å². The molecule has 0 aliphatic carbocycles. The van der Waals surface area contributed by atoms with E-state index in [0.717, 1.165) is 18.4 Å². The fourth-order valence-corrected chi connectivity index (χ4v) is 2.24. The lowest BCUT2D eigenvalue weighted by atomic mass is 10.1. The zero-order chi connectivity index (χ0) is 18.3. The van der Waals surface area contributed by atoms with Gasteiger partial charge in [0.25, 0.3) is 0 Å². The van der Waals surface area contributed by atoms with Crippen molar-refractivity contribution in [3.8, 4) is 11.8 Å². The number of esters is 1. The quantitative estimate of drug-likeness (QED) is 0.241. The van der Waals surface area contributed by atoms with E-state index < -0.39 is 12.1 Å². The largest absolute Gasteiger partial charge is 0.462 e. The maximum absolute atomic E-state index is 12.1. The number of rotatable bonds is 9. The van der Waals surface area contributed by atoms with Crippen LogP contribution in [-0.4, -0.2) is 23.8 Å². The van der Waals surface area contributed by atoms with Gasteiger partial charge in [-0.1, -0.05) is 62.4 Å². The van der Waals surface area contributed by atoms with Crippen molar-refractivity contribution in [1.82, 2.24) is 0 Å². The van der Waals surface area contributed by atoms with Gasteiger partial charge in [0, 0.05) is 12.8 Å². The molecule has 0 aliphatic rings. The van der Waals surface area contributed by atoms with Gasteiger partial charge in [0.15, 0.2) is 0 Å². The Morgan fingerprint density at radius 3 is 2.64 bits per heavy atom. The molecule has 1 aromatic rings. The second-order valence-electron chi connectivity index (χ2n) is 5.75. The molecule has 1 aromatic carbocycles. The number of carbonyl (C=O) groups is 1. The maximum atomic E-state index is 12.1. The normalized spacial score (nSPS) is 10.8. The molecule has 0 radical (unpaired) electrons. The van der Waals surface area contributed by atoms with Gasteiger partial charge in [0.2, 0.25) is 0 Å². The lowest BCUT2D eigenvalue weighted by Crippen LogP contribution is -2.09. The summed E-state index contributed by atoms with van der Waals surface area (Å²) in [7, 11) is 0. The first-order valence-corrected chi connectivity index (χ1v) is 9.00. The number of ether oxygens (including phenoxy) is 1. The summed E-state index contributed by atoms with van der Waals surface area (Å²) in [6.07, 6.45) is 6.32. The summed E-state index contributed by atoms with van der Waals surface area (Å²) in [6, 6.07) is 9.63. The molecular formula is C22H28O3. The molecule has 3 nitrogen and oxygen atoms in total. The number of unbranched alkanes of at least 4 members (excludes halogenated alkanes) is 4. The van der Waals surface area contributed by atoms with E-state index in [1.54, 1.807) is 6.92 Å². The molecule has 0 aliphatic heterocycles. The molecule has 1 atom stereocenters. The molecule has 1 N–H and O–H groups in total. The first kappa shape index (κ1) is 20.8. The molecule has 0 saturated carbocycles. The molecular weight excluding hydrogens is 312 g/mol. The molecule has 3 heteroatoms. The molecule has 1 rings (SSSR count). The summed E-state index contributed by atoms with van der Waals surface area (Å²) >= 11 is 0. The van der Waals surface area contributed by atoms with Crippen molar-refractivity contribution in [3.63, 3.8) is 0 Å². The Balaban J connectivity index is 2.73. The predicted octanol–water partition coefficient (Wildman–Crippen LogP) is 4.21. The zero-order valence-electron chi connectivity index (χ0n) is 15.3. The molecule has 0 aromatic heterocycles. The second-order valence-corrected chi connectivity index (χ2v) is 5.75. The zero-order valence-corrected chi connectivity index (χ0v) is 15.3. The highest BCUT2D eigenvalue weighted by atomic mass is 16.5. The van der Waals surface area contributed by atoms with Gasteiger partial charge in [-0.25, -0.2) is 4.79 Å². The molecule has 134 valence electrons. The van der Waals surface area contributed by atoms with Crippen LogP contribution in [0.25, 0.3) is 0 Å². The first-order chi connectivity index (χ1) is 12.2. The van der Waals surface area contributed by atoms with Crippen LogP contribution in [-0.2, 0) is 16.0 Å². The summed E-state index contributed by atoms with van der Waals surface area (Å²) in [5, 5.41) is 9.92. The van der Waals surface area contributed by atoms with Crippen LogP contribution in [0.2, 0.25) is 0 Å². The van der Waals surface area contributed by atoms with Gasteiger partial charge in [0.1, 0.15) is 6.10 Å². The van der Waals surface area contributed by atoms with Gasteiger partial charge < -0.3 is 9.84 Å². The minimum atomic E-state index is -0.925. The monoisotopic (exact) mass is 340 g/mol. The lowest BCUT2D eigenvalue weighted by Gasteiger charge is -2.05. The molecule has 0 fully saturated rings. The Labute approximate surface area is 151 Å². The van der Waals surface area contributed by atoms with Gasteiger partial charge in [-0.2, -0.15) is 0 Å². The summed E-state index contributed by atoms with van der Waals surface area (Å²) < 4.78 is 5.07. The fraction of sp³-hybridized carbons (Fsp3) is 0.455. The van der Waals surface area contributed by atoms with Crippen LogP contribution in [0.4, 0.5) is 0 Å². The van der Waals surface area contributed by atoms with E-state index >= 15 is 0 Å². The van der Waals surface area contributed by atoms with Crippen LogP contribution in [0.3, 0.4) is 0 Å². The van der Waals surface area contributed by atoms with Crippen molar-refractivity contribution >= 4 is 5.97 Å². The first-order valence-electron chi connectivity index (χ1n) is 9.00. The Bertz CT molecular complexity index is 628. The SMILES string of the molecule is CCCCCCC#CC(O)C=C=C(Cc1ccccc1)C(=O)OCC. The summed E-state index contributed by atoms with van der Waals surface area (Å²) in [6.45, 7) is 4.24. The number of hydrogen-bond acceptors (Lipinski definition) is 3. The molecule has 0 amide bonds. The summed E-state index contributed by atoms with van der Waals surface area (Å²) in [4.78, 5) is 12.1. The smallest absolute Gasteiger partial charge is 0.342 e. The molecule has 0 heterocycles. The van der Waals surface area contributed by atoms with Gasteiger partial charge in [-0.05, 0) is 25.0 Å². The Morgan fingerprint density at radius 1 is 1.20 bits per heavy atom. The van der Waals surface area contributed by atoms with E-state index in [-0.39, 0.29) is 0 Å². The highest BCUT2D eigenvalue weighted by Gasteiger charge is 2.10. The predicted molar refractivity (Wildman–Crippen MR) is 101 cm³/mol. The molecule has 1 unspecified atom stereocenters. The highest BCUT2D eigenvalue weighted by molar-refractivity contribution is 5.88. The third-order valence-electron chi connectivity index (χ3n) is 3.57. The Morgan fingerprint density at radius 2 is 1.96 bits per heavy atom. The van der Waals surface area contributed by atoms with Crippen LogP contribution in [0.1, 0.15) is 51.5 Å². The fourth-order valence-electron chi connectivity index (χ4n) is 2.24. The summed E-state index contributed by atoms with van der Waals surface area (Å²) in [5.74, 6) is 5.33. The van der Waals surface area contributed by atoms with E-state index in [4.69, 9.17) is 4.74 Å². The minimum absolute atomic E-state index is 0.304. The highest BCUT2D eigenvalue weighted by Crippen LogP contribution is 2.09. The van der Waals surface area contributed by atoms with Crippen molar-refractivity contribution in [2.45, 2.75) is 58.5 Å². The standard InChI is InChI=1S/C22H28O3/c1-3-5-6-7-8-12-15-21(23)17-16-20(22(24)25-4-2)18-19-13-10-9-11-14-19/h9-11,13-14,17,21,23H,3-8,18H2,1-2H3. The van der Waals surface area contributed by atoms with Crippen LogP contribution in [0.15, 0.2) is 47.7 Å². The Kier molecular flexibility index (Phi) is 10.9. The molecule has 0 spiro atoms. The number of aliphatic hydroxyl groups is 1. The number of hydrogen-bond donors (Lipinski definition) is 1. The van der Waals surface area contributed by atoms with E-state index in [1.165, 1.54) is 25.3 Å². The van der Waals surface area contributed by atoms with Crippen molar-refractivity contribution in [2.75, 3.05) is 6.61 Å². The van der Waals surface area contributed by atoms with E-state index in [0.29, 0.717) is 18.6 Å². The minimum Gasteiger partial charge on any atom is -0.462 e. The van der Waals surface area contributed by atoms with Crippen molar-refractivity contribution in [2.24, 2.45) is 0 Å². The van der Waals surface area contributed by atoms with Gasteiger partial charge in [-0.15, -0.1) is 11.7 Å². The van der Waals surface area contributed by atoms with E-state index in [1.807, 2.05) is 30.3 Å². The molecule has 25 heavy (non-hydrogen) atoms. The Hall–Kier alpha value is -2.27. The second kappa shape index (κ2) is 13.1. The van der Waals surface area contributed by atoms with Crippen LogP contribution < -0.4 is 0 Å². The van der Waals surface area contributed by atoms with Crippen LogP contribution in [0.5, 0.6) is 0 Å². The molecule has 0 bridgehead atoms. The van der Waals surface area contributed by atoms with Crippen molar-refractivity contribution < 1.29 is 14.6 Å². The van der Waals surface area contributed by atoms with E-state index in [9.17, 15) is 9.90 Å². The van der Waals surface area contributed by atoms with Gasteiger partial charge in [-0.3, -0.25) is 0 Å². The third-order valence-corrected chi connectivity index (χ3v) is 3.57. The van der Waals surface area contributed by atoms with Gasteiger partial charge in [0.05, 0.1) is 12.2 Å². The summed E-state index contributed by atoms with van der Waals surface area (Å²) in [5.41, 5.74) is 4.25. The maximum Gasteiger partial charge on any atom is 0.342 e. The number of benzene rings is 1. The third kappa shape index (κ3) is 9.57. The average Bonchev–Trinajstić information content (AvgIpc) is 2.62. The number of carbonyl (C=O) groups excluding carboxylic acids is 1. The van der Waals surface area contributed by atoms with Crippen molar-refractivity contribution in [1.29, 1.82) is 0 Å². The average molecular weight is 340 g/mol. The molecule has 0 saturated heterocycles. The van der Waals surface area contributed by atoms with Crippen LogP contribution in [0, 0.1) is 11.8 Å². The van der Waals surface area contributed by atoms with Crippen LogP contribution >= 0.6 is 0 Å². The topological polar surface area (TPSA) is 46.5 Å². The van der Waals surface area contributed by atoms with Crippen molar-refractivity contribution in [3.05, 3.63) is 53.3 Å².